The highest BCUT2D eigenvalue weighted by Crippen LogP contribution is 2.28. The minimum Gasteiger partial charge on any atom is -0.293 e. The summed E-state index contributed by atoms with van der Waals surface area (Å²) in [6.07, 6.45) is 0. The summed E-state index contributed by atoms with van der Waals surface area (Å²) in [5, 5.41) is 12.5. The van der Waals surface area contributed by atoms with Gasteiger partial charge in [-0.15, -0.1) is 5.11 Å². The van der Waals surface area contributed by atoms with Gasteiger partial charge in [0.2, 0.25) is 0 Å². The van der Waals surface area contributed by atoms with Gasteiger partial charge in [-0.3, -0.25) is 9.89 Å². The van der Waals surface area contributed by atoms with Gasteiger partial charge in [0.15, 0.2) is 5.69 Å². The van der Waals surface area contributed by atoms with E-state index in [2.05, 4.69) is 15.3 Å². The van der Waals surface area contributed by atoms with Crippen molar-refractivity contribution in [3.05, 3.63) is 72.5 Å². The Hall–Kier alpha value is -1.79. The molecule has 0 saturated carbocycles. The SMILES string of the molecule is Cc1[nH]n(-c2ccc(Cl)c(Cl)c2)c(=O)c1N=Nc1ccc(Cl)c(Cl)c1. The first kappa shape index (κ1) is 18.0. The maximum atomic E-state index is 12.6. The Kier molecular flexibility index (Phi) is 5.20. The van der Waals surface area contributed by atoms with Crippen LogP contribution in [0, 0.1) is 6.92 Å². The Morgan fingerprint density at radius 1 is 0.880 bits per heavy atom. The van der Waals surface area contributed by atoms with Gasteiger partial charge >= 0.3 is 0 Å². The van der Waals surface area contributed by atoms with Crippen LogP contribution in [0.4, 0.5) is 11.4 Å². The summed E-state index contributed by atoms with van der Waals surface area (Å²) in [5.74, 6) is 0. The number of hydrogen-bond acceptors (Lipinski definition) is 3. The summed E-state index contributed by atoms with van der Waals surface area (Å²) in [4.78, 5) is 12.6. The van der Waals surface area contributed by atoms with Crippen molar-refractivity contribution >= 4 is 57.8 Å². The highest BCUT2D eigenvalue weighted by atomic mass is 35.5. The predicted octanol–water partition coefficient (Wildman–Crippen LogP) is 6.50. The number of nitrogens with one attached hydrogen (secondary N) is 1. The second-order valence-electron chi connectivity index (χ2n) is 5.12. The molecular formula is C16H10Cl4N4O. The molecule has 2 aromatic carbocycles. The maximum absolute atomic E-state index is 12.6. The van der Waals surface area contributed by atoms with E-state index in [0.717, 1.165) is 0 Å². The molecule has 0 aliphatic rings. The van der Waals surface area contributed by atoms with Gasteiger partial charge < -0.3 is 0 Å². The molecule has 0 aliphatic carbocycles. The average molecular weight is 416 g/mol. The van der Waals surface area contributed by atoms with E-state index in [-0.39, 0.29) is 11.2 Å². The van der Waals surface area contributed by atoms with E-state index in [1.54, 1.807) is 43.3 Å². The van der Waals surface area contributed by atoms with Crippen LogP contribution < -0.4 is 5.56 Å². The van der Waals surface area contributed by atoms with Crippen LogP contribution in [0.15, 0.2) is 51.4 Å². The van der Waals surface area contributed by atoms with Crippen molar-refractivity contribution in [2.24, 2.45) is 10.2 Å². The molecule has 25 heavy (non-hydrogen) atoms. The Labute approximate surface area is 162 Å². The second-order valence-corrected chi connectivity index (χ2v) is 6.75. The van der Waals surface area contributed by atoms with Crippen molar-refractivity contribution in [3.63, 3.8) is 0 Å². The topological polar surface area (TPSA) is 62.5 Å². The summed E-state index contributed by atoms with van der Waals surface area (Å²) >= 11 is 23.7. The van der Waals surface area contributed by atoms with Gasteiger partial charge in [-0.1, -0.05) is 46.4 Å². The monoisotopic (exact) mass is 414 g/mol. The first-order chi connectivity index (χ1) is 11.9. The van der Waals surface area contributed by atoms with Crippen molar-refractivity contribution in [1.29, 1.82) is 0 Å². The Morgan fingerprint density at radius 2 is 1.52 bits per heavy atom. The molecule has 0 saturated heterocycles. The van der Waals surface area contributed by atoms with E-state index in [9.17, 15) is 4.79 Å². The fourth-order valence-corrected chi connectivity index (χ4v) is 2.70. The number of halogens is 4. The molecule has 0 aliphatic heterocycles. The van der Waals surface area contributed by atoms with Crippen LogP contribution in [0.25, 0.3) is 5.69 Å². The van der Waals surface area contributed by atoms with E-state index in [4.69, 9.17) is 46.4 Å². The first-order valence-corrected chi connectivity index (χ1v) is 8.52. The fraction of sp³-hybridized carbons (Fsp3) is 0.0625. The molecule has 1 N–H and O–H groups in total. The molecule has 0 radical (unpaired) electrons. The van der Waals surface area contributed by atoms with E-state index >= 15 is 0 Å². The molecule has 0 bridgehead atoms. The Balaban J connectivity index is 1.99. The number of rotatable bonds is 3. The minimum absolute atomic E-state index is 0.178. The molecule has 1 heterocycles. The normalized spacial score (nSPS) is 11.4. The number of aromatic nitrogens is 2. The van der Waals surface area contributed by atoms with E-state index < -0.39 is 0 Å². The zero-order valence-corrected chi connectivity index (χ0v) is 15.7. The lowest BCUT2D eigenvalue weighted by Crippen LogP contribution is -2.13. The number of azo groups is 1. The molecule has 3 aromatic rings. The third-order valence-corrected chi connectivity index (χ3v) is 4.85. The largest absolute Gasteiger partial charge is 0.299 e. The summed E-state index contributed by atoms with van der Waals surface area (Å²) in [7, 11) is 0. The van der Waals surface area contributed by atoms with Crippen LogP contribution in [-0.4, -0.2) is 9.78 Å². The van der Waals surface area contributed by atoms with Gasteiger partial charge in [0.25, 0.3) is 5.56 Å². The van der Waals surface area contributed by atoms with Crippen LogP contribution in [-0.2, 0) is 0 Å². The number of aryl methyl sites for hydroxylation is 1. The van der Waals surface area contributed by atoms with Crippen molar-refractivity contribution in [1.82, 2.24) is 9.78 Å². The van der Waals surface area contributed by atoms with Crippen LogP contribution >= 0.6 is 46.4 Å². The lowest BCUT2D eigenvalue weighted by Gasteiger charge is -2.02. The molecule has 0 atom stereocenters. The van der Waals surface area contributed by atoms with Crippen molar-refractivity contribution in [2.45, 2.75) is 6.92 Å². The summed E-state index contributed by atoms with van der Waals surface area (Å²) < 4.78 is 1.32. The van der Waals surface area contributed by atoms with Crippen LogP contribution in [0.2, 0.25) is 20.1 Å². The van der Waals surface area contributed by atoms with E-state index in [1.165, 1.54) is 4.68 Å². The molecular weight excluding hydrogens is 406 g/mol. The number of benzene rings is 2. The van der Waals surface area contributed by atoms with Crippen molar-refractivity contribution in [2.75, 3.05) is 0 Å². The minimum atomic E-state index is -0.361. The van der Waals surface area contributed by atoms with Crippen molar-refractivity contribution < 1.29 is 0 Å². The molecule has 0 unspecified atom stereocenters. The van der Waals surface area contributed by atoms with Crippen LogP contribution in [0.5, 0.6) is 0 Å². The number of nitrogens with zero attached hydrogens (tertiary/aromatic N) is 3. The third-order valence-electron chi connectivity index (χ3n) is 3.37. The number of aromatic amines is 1. The van der Waals surface area contributed by atoms with Gasteiger partial charge in [0.05, 0.1) is 37.2 Å². The van der Waals surface area contributed by atoms with Gasteiger partial charge in [-0.25, -0.2) is 4.68 Å². The molecule has 5 nitrogen and oxygen atoms in total. The highest BCUT2D eigenvalue weighted by molar-refractivity contribution is 6.42. The molecule has 3 rings (SSSR count). The van der Waals surface area contributed by atoms with Gasteiger partial charge in [0.1, 0.15) is 0 Å². The zero-order valence-electron chi connectivity index (χ0n) is 12.7. The molecule has 1 aromatic heterocycles. The third kappa shape index (κ3) is 3.75. The summed E-state index contributed by atoms with van der Waals surface area (Å²) in [6, 6.07) is 9.69. The number of hydrogen-bond donors (Lipinski definition) is 1. The van der Waals surface area contributed by atoms with Crippen LogP contribution in [0.1, 0.15) is 5.69 Å². The van der Waals surface area contributed by atoms with Gasteiger partial charge in [-0.2, -0.15) is 5.11 Å². The Morgan fingerprint density at radius 3 is 2.16 bits per heavy atom. The van der Waals surface area contributed by atoms with Gasteiger partial charge in [0, 0.05) is 0 Å². The second kappa shape index (κ2) is 7.22. The fourth-order valence-electron chi connectivity index (χ4n) is 2.12. The molecule has 0 fully saturated rings. The summed E-state index contributed by atoms with van der Waals surface area (Å²) in [5.41, 5.74) is 1.39. The average Bonchev–Trinajstić information content (AvgIpc) is 2.86. The zero-order chi connectivity index (χ0) is 18.1. The lowest BCUT2D eigenvalue weighted by molar-refractivity contribution is 0.835. The summed E-state index contributed by atoms with van der Waals surface area (Å²) in [6.45, 7) is 1.72. The van der Waals surface area contributed by atoms with Crippen LogP contribution in [0.3, 0.4) is 0 Å². The number of H-pyrrole nitrogens is 1. The molecule has 0 amide bonds. The van der Waals surface area contributed by atoms with E-state index in [1.807, 2.05) is 0 Å². The predicted molar refractivity (Wildman–Crippen MR) is 102 cm³/mol. The highest BCUT2D eigenvalue weighted by Gasteiger charge is 2.13. The van der Waals surface area contributed by atoms with Crippen molar-refractivity contribution in [3.8, 4) is 5.69 Å². The first-order valence-electron chi connectivity index (χ1n) is 7.00. The van der Waals surface area contributed by atoms with Gasteiger partial charge in [-0.05, 0) is 43.3 Å². The van der Waals surface area contributed by atoms with E-state index in [0.29, 0.717) is 37.2 Å². The quantitative estimate of drug-likeness (QED) is 0.487. The molecule has 9 heteroatoms. The maximum Gasteiger partial charge on any atom is 0.299 e. The molecule has 0 spiro atoms. The smallest absolute Gasteiger partial charge is 0.293 e. The molecule has 128 valence electrons. The Bertz CT molecular complexity index is 1040. The standard InChI is InChI=1S/C16H10Cl4N4O/c1-8-15(22-21-9-2-4-11(17)13(19)6-9)16(25)24(23-8)10-3-5-12(18)14(20)7-10/h2-7,23H,1H3. The lowest BCUT2D eigenvalue weighted by atomic mass is 10.3.